The summed E-state index contributed by atoms with van der Waals surface area (Å²) in [5.74, 6) is 3.68. The van der Waals surface area contributed by atoms with Gasteiger partial charge in [-0.05, 0) is 124 Å². The van der Waals surface area contributed by atoms with E-state index in [0.29, 0.717) is 0 Å². The Morgan fingerprint density at radius 1 is 0.356 bits per heavy atom. The molecule has 6 heteroatoms. The fourth-order valence-corrected chi connectivity index (χ4v) is 9.77. The second-order valence-corrected chi connectivity index (χ2v) is 32.5. The third-order valence-corrected chi connectivity index (χ3v) is 14.9. The maximum Gasteiger partial charge on any atom is 2.00 e. The standard InChI is InChI=1S/C67H80N4Si.Zn/c1-62(2,3)44-32-41(33-45(38-44)63(4,5)6)59-53-24-22-51(68-53)50(30-31-72(19,20)21)52-23-25-54(69-52)60(42-34-46(64(7,8)9)39-47(35-42)65(10,11)12)56-27-29-58(71-56)61(57-28-26-55(59)70-57)43-36-48(66(13,14)15)40-49(37-43)67(16,17)18;/h22-29,32-40H,1-21H3;/q-2;+2. The second-order valence-electron chi connectivity index (χ2n) is 27.8. The minimum atomic E-state index is -1.84. The van der Waals surface area contributed by atoms with Gasteiger partial charge in [0.05, 0.1) is 22.8 Å². The van der Waals surface area contributed by atoms with Crippen LogP contribution >= 0.6 is 0 Å². The van der Waals surface area contributed by atoms with E-state index < -0.39 is 8.07 Å². The summed E-state index contributed by atoms with van der Waals surface area (Å²) in [4.78, 5) is 22.7. The summed E-state index contributed by atoms with van der Waals surface area (Å²) in [6.07, 6.45) is 8.70. The van der Waals surface area contributed by atoms with Crippen LogP contribution in [0.4, 0.5) is 0 Å². The fraction of sp³-hybridized carbons (Fsp3) is 0.403. The van der Waals surface area contributed by atoms with Crippen molar-refractivity contribution in [1.29, 1.82) is 0 Å². The molecule has 2 aliphatic heterocycles. The first kappa shape index (κ1) is 55.4. The van der Waals surface area contributed by atoms with E-state index in [4.69, 9.17) is 19.9 Å². The smallest absolute Gasteiger partial charge is 0.657 e. The van der Waals surface area contributed by atoms with Gasteiger partial charge in [0.25, 0.3) is 0 Å². The molecule has 8 rings (SSSR count). The Labute approximate surface area is 453 Å². The van der Waals surface area contributed by atoms with E-state index in [-0.39, 0.29) is 52.0 Å². The average Bonchev–Trinajstić information content (AvgIpc) is 4.09. The summed E-state index contributed by atoms with van der Waals surface area (Å²) in [7, 11) is -1.84. The molecule has 0 N–H and O–H groups in total. The molecule has 0 amide bonds. The molecule has 6 aromatic rings. The molecule has 0 unspecified atom stereocenters. The number of benzene rings is 3. The first-order chi connectivity index (χ1) is 33.0. The van der Waals surface area contributed by atoms with Gasteiger partial charge in [-0.3, -0.25) is 0 Å². The molecule has 0 saturated heterocycles. The summed E-state index contributed by atoms with van der Waals surface area (Å²) in [6, 6.07) is 30.1. The molecule has 0 atom stereocenters. The fourth-order valence-electron chi connectivity index (χ4n) is 9.27. The molecule has 2 aliphatic rings. The van der Waals surface area contributed by atoms with Crippen molar-refractivity contribution in [2.45, 2.75) is 177 Å². The number of hydrogen-bond acceptors (Lipinski definition) is 2. The minimum absolute atomic E-state index is 0. The topological polar surface area (TPSA) is 54.0 Å². The van der Waals surface area contributed by atoms with Crippen molar-refractivity contribution in [2.24, 2.45) is 0 Å². The van der Waals surface area contributed by atoms with E-state index >= 15 is 0 Å². The van der Waals surface area contributed by atoms with Crippen molar-refractivity contribution in [3.05, 3.63) is 141 Å². The molecular formula is C67H80N4SiZn. The molecule has 0 spiro atoms. The summed E-state index contributed by atoms with van der Waals surface area (Å²) >= 11 is 0. The molecule has 0 saturated carbocycles. The molecule has 374 valence electrons. The van der Waals surface area contributed by atoms with Crippen LogP contribution in [0.25, 0.3) is 79.8 Å². The molecule has 0 fully saturated rings. The van der Waals surface area contributed by atoms with E-state index in [0.717, 1.165) is 83.8 Å². The molecule has 0 aliphatic carbocycles. The van der Waals surface area contributed by atoms with Crippen molar-refractivity contribution < 1.29 is 19.5 Å². The van der Waals surface area contributed by atoms with Crippen LogP contribution in [0.2, 0.25) is 19.6 Å². The van der Waals surface area contributed by atoms with Crippen LogP contribution in [-0.4, -0.2) is 18.0 Å². The monoisotopic (exact) mass is 1030 g/mol. The van der Waals surface area contributed by atoms with Crippen LogP contribution in [0.1, 0.15) is 186 Å². The Balaban J connectivity index is 0.00000780. The van der Waals surface area contributed by atoms with Gasteiger partial charge in [0.1, 0.15) is 8.07 Å². The van der Waals surface area contributed by atoms with Crippen molar-refractivity contribution in [1.82, 2.24) is 19.9 Å². The van der Waals surface area contributed by atoms with Gasteiger partial charge in [-0.15, -0.1) is 27.6 Å². The predicted molar refractivity (Wildman–Crippen MR) is 316 cm³/mol. The van der Waals surface area contributed by atoms with Gasteiger partial charge >= 0.3 is 19.5 Å². The van der Waals surface area contributed by atoms with Gasteiger partial charge in [0.15, 0.2) is 0 Å². The summed E-state index contributed by atoms with van der Waals surface area (Å²) in [5, 5.41) is 0. The van der Waals surface area contributed by atoms with E-state index in [9.17, 15) is 0 Å². The SMILES string of the molecule is CC(C)(C)c1cc(-c2c3nc(c(-c4cc(C(C)(C)C)cc(C(C)(C)C)c4)c4ccc([n-]4)c(-c4cc(C(C)(C)C)cc(C(C)(C)C)c4)c4nc(c(C#C[Si](C)(C)C)c5ccc2[n-]5)C=C4)C=C3)cc(C(C)(C)C)c1.[Zn+2]. The van der Waals surface area contributed by atoms with Gasteiger partial charge in [-0.25, -0.2) is 9.97 Å². The maximum absolute atomic E-state index is 5.74. The summed E-state index contributed by atoms with van der Waals surface area (Å²) < 4.78 is 0. The van der Waals surface area contributed by atoms with Crippen LogP contribution in [0.3, 0.4) is 0 Å². The van der Waals surface area contributed by atoms with Gasteiger partial charge in [-0.2, -0.15) is 0 Å². The molecule has 3 aromatic heterocycles. The van der Waals surface area contributed by atoms with Crippen LogP contribution in [0.5, 0.6) is 0 Å². The molecule has 73 heavy (non-hydrogen) atoms. The van der Waals surface area contributed by atoms with Gasteiger partial charge in [0.2, 0.25) is 0 Å². The molecule has 4 nitrogen and oxygen atoms in total. The maximum atomic E-state index is 5.74. The largest absolute Gasteiger partial charge is 2.00 e. The normalized spacial score (nSPS) is 13.5. The summed E-state index contributed by atoms with van der Waals surface area (Å²) in [5.41, 5.74) is 24.6. The average molecular weight is 1030 g/mol. The Hall–Kier alpha value is -5.34. The van der Waals surface area contributed by atoms with E-state index in [1.165, 1.54) is 33.4 Å². The van der Waals surface area contributed by atoms with Crippen molar-refractivity contribution in [3.8, 4) is 44.8 Å². The third kappa shape index (κ3) is 12.0. The number of hydrogen-bond donors (Lipinski definition) is 0. The van der Waals surface area contributed by atoms with Crippen LogP contribution in [-0.2, 0) is 52.0 Å². The van der Waals surface area contributed by atoms with E-state index in [2.05, 4.69) is 259 Å². The Morgan fingerprint density at radius 3 is 0.877 bits per heavy atom. The van der Waals surface area contributed by atoms with Gasteiger partial charge in [0, 0.05) is 5.56 Å². The van der Waals surface area contributed by atoms with Crippen LogP contribution in [0, 0.1) is 11.5 Å². The van der Waals surface area contributed by atoms with Gasteiger partial charge in [-0.1, -0.05) is 229 Å². The Morgan fingerprint density at radius 2 is 0.603 bits per heavy atom. The predicted octanol–water partition coefficient (Wildman–Crippen LogP) is 17.9. The molecule has 5 heterocycles. The Kier molecular flexibility index (Phi) is 14.5. The number of aromatic nitrogens is 4. The molecule has 8 bridgehead atoms. The first-order valence-corrected chi connectivity index (χ1v) is 29.6. The summed E-state index contributed by atoms with van der Waals surface area (Å²) in [6.45, 7) is 48.3. The number of rotatable bonds is 3. The van der Waals surface area contributed by atoms with Crippen LogP contribution in [0.15, 0.2) is 78.9 Å². The van der Waals surface area contributed by atoms with E-state index in [1.807, 2.05) is 0 Å². The number of nitrogens with zero attached hydrogens (tertiary/aromatic N) is 4. The van der Waals surface area contributed by atoms with Crippen LogP contribution < -0.4 is 9.97 Å². The third-order valence-electron chi connectivity index (χ3n) is 14.0. The van der Waals surface area contributed by atoms with Gasteiger partial charge < -0.3 is 9.97 Å². The first-order valence-electron chi connectivity index (χ1n) is 26.1. The molecule has 3 aromatic carbocycles. The zero-order valence-electron chi connectivity index (χ0n) is 48.3. The molecular weight excluding hydrogens is 954 g/mol. The zero-order chi connectivity index (χ0) is 52.9. The van der Waals surface area contributed by atoms with E-state index in [1.54, 1.807) is 0 Å². The minimum Gasteiger partial charge on any atom is -0.657 e. The Bertz CT molecular complexity index is 3270. The van der Waals surface area contributed by atoms with Crippen molar-refractivity contribution >= 4 is 54.4 Å². The van der Waals surface area contributed by atoms with Crippen molar-refractivity contribution in [2.75, 3.05) is 0 Å². The number of fused-ring (bicyclic) bond motifs is 8. The quantitative estimate of drug-likeness (QED) is 0.131. The molecule has 0 radical (unpaired) electrons. The van der Waals surface area contributed by atoms with Crippen molar-refractivity contribution in [3.63, 3.8) is 0 Å². The zero-order valence-corrected chi connectivity index (χ0v) is 52.3. The second kappa shape index (κ2) is 19.1.